The van der Waals surface area contributed by atoms with Crippen LogP contribution in [-0.4, -0.2) is 24.8 Å². The van der Waals surface area contributed by atoms with Crippen molar-refractivity contribution >= 4 is 21.6 Å². The van der Waals surface area contributed by atoms with Crippen molar-refractivity contribution in [2.45, 2.75) is 26.3 Å². The van der Waals surface area contributed by atoms with Crippen molar-refractivity contribution in [1.29, 1.82) is 0 Å². The van der Waals surface area contributed by atoms with Crippen LogP contribution in [0.25, 0.3) is 0 Å². The molecule has 0 heterocycles. The van der Waals surface area contributed by atoms with Crippen molar-refractivity contribution in [3.8, 4) is 0 Å². The summed E-state index contributed by atoms with van der Waals surface area (Å²) >= 11 is 3.56. The minimum atomic E-state index is 0.0333. The summed E-state index contributed by atoms with van der Waals surface area (Å²) in [6.07, 6.45) is 0.792. The summed E-state index contributed by atoms with van der Waals surface area (Å²) in [6.45, 7) is 6.13. The quantitative estimate of drug-likeness (QED) is 0.849. The van der Waals surface area contributed by atoms with Crippen LogP contribution in [-0.2, 0) is 0 Å². The van der Waals surface area contributed by atoms with E-state index in [1.54, 1.807) is 0 Å². The van der Waals surface area contributed by atoms with E-state index >= 15 is 0 Å². The first-order valence-electron chi connectivity index (χ1n) is 6.01. The Bertz CT molecular complexity index is 355. The summed E-state index contributed by atoms with van der Waals surface area (Å²) in [6, 6.07) is 6.28. The van der Waals surface area contributed by atoms with E-state index in [0.29, 0.717) is 0 Å². The average molecular weight is 301 g/mol. The molecule has 17 heavy (non-hydrogen) atoms. The van der Waals surface area contributed by atoms with Gasteiger partial charge in [-0.05, 0) is 38.0 Å². The fourth-order valence-electron chi connectivity index (χ4n) is 1.81. The lowest BCUT2D eigenvalue weighted by atomic mass is 10.1. The van der Waals surface area contributed by atoms with Gasteiger partial charge < -0.3 is 15.7 Å². The number of aliphatic hydroxyl groups is 1. The minimum absolute atomic E-state index is 0.0333. The largest absolute Gasteiger partial charge is 0.396 e. The first-order valence-corrected chi connectivity index (χ1v) is 6.80. The van der Waals surface area contributed by atoms with Crippen LogP contribution >= 0.6 is 15.9 Å². The van der Waals surface area contributed by atoms with Crippen LogP contribution in [0, 0.1) is 0 Å². The van der Waals surface area contributed by atoms with Gasteiger partial charge in [-0.3, -0.25) is 0 Å². The Labute approximate surface area is 112 Å². The van der Waals surface area contributed by atoms with Crippen LogP contribution in [0.1, 0.15) is 31.9 Å². The Morgan fingerprint density at radius 1 is 1.47 bits per heavy atom. The summed E-state index contributed by atoms with van der Waals surface area (Å²) in [4.78, 5) is 2.24. The summed E-state index contributed by atoms with van der Waals surface area (Å²) in [7, 11) is 0. The van der Waals surface area contributed by atoms with Crippen molar-refractivity contribution < 1.29 is 5.11 Å². The third-order valence-corrected chi connectivity index (χ3v) is 3.49. The molecule has 0 unspecified atom stereocenters. The van der Waals surface area contributed by atoms with Gasteiger partial charge in [0.1, 0.15) is 0 Å². The number of nitrogens with zero attached hydrogens (tertiary/aromatic N) is 1. The molecule has 1 atom stereocenters. The second kappa shape index (κ2) is 6.99. The number of hydrogen-bond acceptors (Lipinski definition) is 3. The second-order valence-electron chi connectivity index (χ2n) is 4.15. The number of anilines is 1. The lowest BCUT2D eigenvalue weighted by molar-refractivity contribution is 0.289. The molecule has 0 amide bonds. The molecule has 0 radical (unpaired) electrons. The van der Waals surface area contributed by atoms with E-state index in [1.807, 2.05) is 6.92 Å². The predicted octanol–water partition coefficient (Wildman–Crippen LogP) is 2.68. The van der Waals surface area contributed by atoms with Crippen LogP contribution < -0.4 is 10.6 Å². The standard InChI is InChI=1S/C13H21BrN2O/c1-3-16(7-4-8-17)11-5-6-12(10(2)15)13(14)9-11/h5-6,9-10,17H,3-4,7-8,15H2,1-2H3/t10-/m0/s1. The summed E-state index contributed by atoms with van der Waals surface area (Å²) in [5.41, 5.74) is 8.16. The third-order valence-electron chi connectivity index (χ3n) is 2.81. The number of benzene rings is 1. The van der Waals surface area contributed by atoms with Gasteiger partial charge in [-0.15, -0.1) is 0 Å². The minimum Gasteiger partial charge on any atom is -0.396 e. The third kappa shape index (κ3) is 3.98. The summed E-state index contributed by atoms with van der Waals surface area (Å²) in [5, 5.41) is 8.88. The van der Waals surface area contributed by atoms with E-state index in [1.165, 1.54) is 0 Å². The molecule has 0 fully saturated rings. The number of nitrogens with two attached hydrogens (primary N) is 1. The Morgan fingerprint density at radius 3 is 2.65 bits per heavy atom. The molecule has 0 aromatic heterocycles. The zero-order valence-corrected chi connectivity index (χ0v) is 12.1. The highest BCUT2D eigenvalue weighted by Crippen LogP contribution is 2.27. The lowest BCUT2D eigenvalue weighted by Gasteiger charge is -2.24. The van der Waals surface area contributed by atoms with Gasteiger partial charge in [0, 0.05) is 35.9 Å². The van der Waals surface area contributed by atoms with E-state index in [4.69, 9.17) is 10.8 Å². The number of hydrogen-bond donors (Lipinski definition) is 2. The zero-order chi connectivity index (χ0) is 12.8. The highest BCUT2D eigenvalue weighted by Gasteiger charge is 2.09. The second-order valence-corrected chi connectivity index (χ2v) is 5.01. The van der Waals surface area contributed by atoms with Gasteiger partial charge in [0.25, 0.3) is 0 Å². The van der Waals surface area contributed by atoms with E-state index < -0.39 is 0 Å². The Hall–Kier alpha value is -0.580. The highest BCUT2D eigenvalue weighted by atomic mass is 79.9. The van der Waals surface area contributed by atoms with Crippen LogP contribution in [0.3, 0.4) is 0 Å². The van der Waals surface area contributed by atoms with E-state index in [-0.39, 0.29) is 12.6 Å². The molecule has 0 aliphatic rings. The van der Waals surface area contributed by atoms with Crippen molar-refractivity contribution in [2.75, 3.05) is 24.6 Å². The molecule has 96 valence electrons. The summed E-state index contributed by atoms with van der Waals surface area (Å²) in [5.74, 6) is 0. The Balaban J connectivity index is 2.86. The zero-order valence-electron chi connectivity index (χ0n) is 10.5. The van der Waals surface area contributed by atoms with Gasteiger partial charge in [-0.1, -0.05) is 22.0 Å². The molecule has 0 bridgehead atoms. The first kappa shape index (κ1) is 14.5. The monoisotopic (exact) mass is 300 g/mol. The van der Waals surface area contributed by atoms with Gasteiger partial charge >= 0.3 is 0 Å². The van der Waals surface area contributed by atoms with E-state index in [2.05, 4.69) is 46.0 Å². The topological polar surface area (TPSA) is 49.5 Å². The number of halogens is 1. The lowest BCUT2D eigenvalue weighted by Crippen LogP contribution is -2.24. The van der Waals surface area contributed by atoms with Crippen LogP contribution in [0.4, 0.5) is 5.69 Å². The molecule has 1 aromatic rings. The fourth-order valence-corrected chi connectivity index (χ4v) is 2.54. The Morgan fingerprint density at radius 2 is 2.18 bits per heavy atom. The fraction of sp³-hybridized carbons (Fsp3) is 0.538. The maximum atomic E-state index is 8.88. The van der Waals surface area contributed by atoms with Gasteiger partial charge in [-0.2, -0.15) is 0 Å². The maximum Gasteiger partial charge on any atom is 0.0447 e. The smallest absolute Gasteiger partial charge is 0.0447 e. The van der Waals surface area contributed by atoms with Gasteiger partial charge in [-0.25, -0.2) is 0 Å². The highest BCUT2D eigenvalue weighted by molar-refractivity contribution is 9.10. The molecule has 1 aromatic carbocycles. The normalized spacial score (nSPS) is 12.5. The molecule has 0 spiro atoms. The summed E-state index contributed by atoms with van der Waals surface area (Å²) < 4.78 is 1.05. The van der Waals surface area contributed by atoms with Crippen LogP contribution in [0.5, 0.6) is 0 Å². The van der Waals surface area contributed by atoms with Crippen molar-refractivity contribution in [3.05, 3.63) is 28.2 Å². The van der Waals surface area contributed by atoms with E-state index in [9.17, 15) is 0 Å². The van der Waals surface area contributed by atoms with Crippen LogP contribution in [0.15, 0.2) is 22.7 Å². The van der Waals surface area contributed by atoms with E-state index in [0.717, 1.165) is 35.2 Å². The number of rotatable bonds is 6. The molecule has 0 aliphatic heterocycles. The van der Waals surface area contributed by atoms with Crippen LogP contribution in [0.2, 0.25) is 0 Å². The molecular weight excluding hydrogens is 280 g/mol. The maximum absolute atomic E-state index is 8.88. The molecule has 0 saturated carbocycles. The molecule has 3 N–H and O–H groups in total. The molecule has 0 saturated heterocycles. The number of aliphatic hydroxyl groups excluding tert-OH is 1. The Kier molecular flexibility index (Phi) is 5.95. The van der Waals surface area contributed by atoms with Gasteiger partial charge in [0.15, 0.2) is 0 Å². The van der Waals surface area contributed by atoms with Gasteiger partial charge in [0.2, 0.25) is 0 Å². The first-order chi connectivity index (χ1) is 8.10. The molecule has 0 aliphatic carbocycles. The van der Waals surface area contributed by atoms with Crippen molar-refractivity contribution in [1.82, 2.24) is 0 Å². The molecular formula is C13H21BrN2O. The molecule has 3 nitrogen and oxygen atoms in total. The molecule has 4 heteroatoms. The predicted molar refractivity (Wildman–Crippen MR) is 76.3 cm³/mol. The van der Waals surface area contributed by atoms with Crippen molar-refractivity contribution in [2.24, 2.45) is 5.73 Å². The SMILES string of the molecule is CCN(CCCO)c1ccc([C@H](C)N)c(Br)c1. The average Bonchev–Trinajstić information content (AvgIpc) is 2.29. The van der Waals surface area contributed by atoms with Gasteiger partial charge in [0.05, 0.1) is 0 Å². The molecule has 1 rings (SSSR count). The van der Waals surface area contributed by atoms with Crippen molar-refractivity contribution in [3.63, 3.8) is 0 Å².